The minimum atomic E-state index is -0.716. The van der Waals surface area contributed by atoms with Gasteiger partial charge < -0.3 is 24.1 Å². The summed E-state index contributed by atoms with van der Waals surface area (Å²) in [6, 6.07) is 16.1. The molecule has 154 valence electrons. The first-order valence-corrected chi connectivity index (χ1v) is 9.76. The monoisotopic (exact) mass is 396 g/mol. The molecule has 5 nitrogen and oxygen atoms in total. The van der Waals surface area contributed by atoms with Crippen LogP contribution in [0.5, 0.6) is 11.5 Å². The van der Waals surface area contributed by atoms with Crippen LogP contribution in [0.2, 0.25) is 0 Å². The van der Waals surface area contributed by atoms with Crippen molar-refractivity contribution in [3.05, 3.63) is 59.7 Å². The number of benzene rings is 2. The summed E-state index contributed by atoms with van der Waals surface area (Å²) in [5.74, 6) is 3.92. The maximum absolute atomic E-state index is 9.83. The number of ether oxygens (including phenoxy) is 4. The van der Waals surface area contributed by atoms with E-state index in [9.17, 15) is 5.11 Å². The van der Waals surface area contributed by atoms with Crippen LogP contribution in [0.15, 0.2) is 48.5 Å². The normalized spacial score (nSPS) is 16.7. The number of aliphatic hydroxyl groups is 1. The minimum Gasteiger partial charge on any atom is -0.491 e. The molecule has 0 unspecified atom stereocenters. The first-order valence-electron chi connectivity index (χ1n) is 9.76. The van der Waals surface area contributed by atoms with Crippen LogP contribution in [-0.4, -0.2) is 50.3 Å². The molecule has 2 aromatic rings. The lowest BCUT2D eigenvalue weighted by molar-refractivity contribution is 0.0229. The average Bonchev–Trinajstić information content (AvgIpc) is 3.56. The summed E-state index contributed by atoms with van der Waals surface area (Å²) in [4.78, 5) is 0. The fourth-order valence-electron chi connectivity index (χ4n) is 2.95. The second-order valence-corrected chi connectivity index (χ2v) is 7.62. The van der Waals surface area contributed by atoms with Crippen molar-refractivity contribution in [3.63, 3.8) is 0 Å². The maximum atomic E-state index is 9.83. The molecule has 1 heterocycles. The Morgan fingerprint density at radius 1 is 1.03 bits per heavy atom. The highest BCUT2D eigenvalue weighted by molar-refractivity contribution is 5.41. The van der Waals surface area contributed by atoms with Crippen molar-refractivity contribution in [2.45, 2.75) is 31.5 Å². The summed E-state index contributed by atoms with van der Waals surface area (Å²) in [7, 11) is 0. The molecule has 1 saturated heterocycles. The Bertz CT molecular complexity index is 801. The van der Waals surface area contributed by atoms with Crippen molar-refractivity contribution in [3.8, 4) is 23.8 Å². The van der Waals surface area contributed by atoms with Crippen LogP contribution in [0.4, 0.5) is 0 Å². The Hall–Kier alpha value is -2.52. The first kappa shape index (κ1) is 21.2. The van der Waals surface area contributed by atoms with Crippen molar-refractivity contribution >= 4 is 0 Å². The standard InChI is InChI=1S/C24H28O5/c1-4-13-26-14-20(25)15-27-21-9-5-18(6-10-21)24(2,3)19-7-11-22(12-8-19)28-16-23-17-29-23/h1,5-12,20,23,25H,13-17H2,2-3H3/t20-,23-/m1/s1. The molecule has 0 aliphatic carbocycles. The van der Waals surface area contributed by atoms with E-state index in [4.69, 9.17) is 25.4 Å². The van der Waals surface area contributed by atoms with Crippen LogP contribution in [0.1, 0.15) is 25.0 Å². The highest BCUT2D eigenvalue weighted by Gasteiger charge is 2.24. The number of hydrogen-bond donors (Lipinski definition) is 1. The van der Waals surface area contributed by atoms with Gasteiger partial charge in [0.25, 0.3) is 0 Å². The molecule has 0 amide bonds. The number of aliphatic hydroxyl groups excluding tert-OH is 1. The number of terminal acetylenes is 1. The molecule has 0 radical (unpaired) electrons. The Labute approximate surface area is 172 Å². The molecule has 0 spiro atoms. The molecule has 1 fully saturated rings. The van der Waals surface area contributed by atoms with Gasteiger partial charge in [-0.1, -0.05) is 44.0 Å². The van der Waals surface area contributed by atoms with E-state index in [1.807, 2.05) is 36.4 Å². The molecule has 2 atom stereocenters. The summed E-state index contributed by atoms with van der Waals surface area (Å²) in [5.41, 5.74) is 2.20. The first-order chi connectivity index (χ1) is 14.0. The predicted molar refractivity (Wildman–Crippen MR) is 111 cm³/mol. The van der Waals surface area contributed by atoms with Gasteiger partial charge in [0.2, 0.25) is 0 Å². The van der Waals surface area contributed by atoms with Gasteiger partial charge in [-0.15, -0.1) is 6.42 Å². The predicted octanol–water partition coefficient (Wildman–Crippen LogP) is 3.18. The molecule has 1 N–H and O–H groups in total. The average molecular weight is 396 g/mol. The third-order valence-electron chi connectivity index (χ3n) is 4.93. The third-order valence-corrected chi connectivity index (χ3v) is 4.93. The lowest BCUT2D eigenvalue weighted by Gasteiger charge is -2.26. The Kier molecular flexibility index (Phi) is 7.16. The lowest BCUT2D eigenvalue weighted by Crippen LogP contribution is -2.23. The Morgan fingerprint density at radius 2 is 1.59 bits per heavy atom. The maximum Gasteiger partial charge on any atom is 0.119 e. The number of epoxide rings is 1. The second kappa shape index (κ2) is 9.80. The molecule has 29 heavy (non-hydrogen) atoms. The van der Waals surface area contributed by atoms with E-state index in [-0.39, 0.29) is 31.3 Å². The highest BCUT2D eigenvalue weighted by atomic mass is 16.6. The molecule has 1 aliphatic rings. The topological polar surface area (TPSA) is 60.5 Å². The van der Waals surface area contributed by atoms with Crippen molar-refractivity contribution in [1.82, 2.24) is 0 Å². The van der Waals surface area contributed by atoms with Gasteiger partial charge in [0.1, 0.15) is 43.5 Å². The summed E-state index contributed by atoms with van der Waals surface area (Å²) in [6.45, 7) is 6.26. The molecule has 1 aliphatic heterocycles. The van der Waals surface area contributed by atoms with Gasteiger partial charge in [0.15, 0.2) is 0 Å². The van der Waals surface area contributed by atoms with E-state index in [1.165, 1.54) is 11.1 Å². The molecule has 3 rings (SSSR count). The van der Waals surface area contributed by atoms with E-state index >= 15 is 0 Å². The quantitative estimate of drug-likeness (QED) is 0.359. The smallest absolute Gasteiger partial charge is 0.119 e. The van der Waals surface area contributed by atoms with Crippen molar-refractivity contribution in [1.29, 1.82) is 0 Å². The molecule has 5 heteroatoms. The van der Waals surface area contributed by atoms with E-state index in [1.54, 1.807) is 0 Å². The van der Waals surface area contributed by atoms with Crippen LogP contribution in [0.3, 0.4) is 0 Å². The third kappa shape index (κ3) is 6.23. The zero-order valence-corrected chi connectivity index (χ0v) is 17.0. The molecule has 0 saturated carbocycles. The summed E-state index contributed by atoms with van der Waals surface area (Å²) < 4.78 is 21.6. The Balaban J connectivity index is 1.55. The molecular weight excluding hydrogens is 368 g/mol. The van der Waals surface area contributed by atoms with E-state index in [2.05, 4.69) is 31.9 Å². The van der Waals surface area contributed by atoms with Crippen LogP contribution in [0, 0.1) is 12.3 Å². The largest absolute Gasteiger partial charge is 0.491 e. The number of hydrogen-bond acceptors (Lipinski definition) is 5. The van der Waals surface area contributed by atoms with Crippen molar-refractivity contribution in [2.24, 2.45) is 0 Å². The SMILES string of the molecule is C#CCOC[C@@H](O)COc1ccc(C(C)(C)c2ccc(OC[C@@H]3CO3)cc2)cc1. The van der Waals surface area contributed by atoms with E-state index in [0.717, 1.165) is 12.4 Å². The zero-order valence-electron chi connectivity index (χ0n) is 17.0. The Morgan fingerprint density at radius 3 is 2.10 bits per heavy atom. The summed E-state index contributed by atoms with van der Waals surface area (Å²) >= 11 is 0. The number of rotatable bonds is 11. The van der Waals surface area contributed by atoms with Gasteiger partial charge in [-0.2, -0.15) is 0 Å². The van der Waals surface area contributed by atoms with Gasteiger partial charge in [0.05, 0.1) is 13.2 Å². The van der Waals surface area contributed by atoms with Gasteiger partial charge in [-0.05, 0) is 35.4 Å². The van der Waals surface area contributed by atoms with Crippen LogP contribution < -0.4 is 9.47 Å². The van der Waals surface area contributed by atoms with Crippen molar-refractivity contribution < 1.29 is 24.1 Å². The minimum absolute atomic E-state index is 0.153. The second-order valence-electron chi connectivity index (χ2n) is 7.62. The van der Waals surface area contributed by atoms with Gasteiger partial charge in [-0.3, -0.25) is 0 Å². The van der Waals surface area contributed by atoms with Crippen LogP contribution in [-0.2, 0) is 14.9 Å². The fraction of sp³-hybridized carbons (Fsp3) is 0.417. The van der Waals surface area contributed by atoms with Gasteiger partial charge in [0, 0.05) is 5.41 Å². The van der Waals surface area contributed by atoms with Crippen LogP contribution in [0.25, 0.3) is 0 Å². The van der Waals surface area contributed by atoms with Gasteiger partial charge >= 0.3 is 0 Å². The lowest BCUT2D eigenvalue weighted by atomic mass is 9.78. The summed E-state index contributed by atoms with van der Waals surface area (Å²) in [6.07, 6.45) is 4.64. The molecule has 0 bridgehead atoms. The summed E-state index contributed by atoms with van der Waals surface area (Å²) in [5, 5.41) is 9.83. The zero-order chi connectivity index (χ0) is 20.7. The van der Waals surface area contributed by atoms with Crippen molar-refractivity contribution in [2.75, 3.05) is 33.0 Å². The van der Waals surface area contributed by atoms with Crippen LogP contribution >= 0.6 is 0 Å². The van der Waals surface area contributed by atoms with E-state index in [0.29, 0.717) is 12.4 Å². The molecular formula is C24H28O5. The van der Waals surface area contributed by atoms with E-state index < -0.39 is 6.10 Å². The fourth-order valence-corrected chi connectivity index (χ4v) is 2.95. The molecule has 0 aromatic heterocycles. The van der Waals surface area contributed by atoms with Gasteiger partial charge in [-0.25, -0.2) is 0 Å². The molecule has 2 aromatic carbocycles. The highest BCUT2D eigenvalue weighted by Crippen LogP contribution is 2.33.